The van der Waals surface area contributed by atoms with E-state index in [-0.39, 0.29) is 17.9 Å². The Balaban J connectivity index is 1.86. The van der Waals surface area contributed by atoms with Gasteiger partial charge in [-0.2, -0.15) is 5.10 Å². The second-order valence-electron chi connectivity index (χ2n) is 7.27. The standard InChI is InChI=1S/C24H21N3O4/c1-3-31-24(28)19-11-17(12-20(14-19)27(29)30)13-21-22-10-9-16(2)15-26(22)25-23(21)18-7-5-4-6-8-18/h4-12,14-15H,3,13H2,1-2H3. The van der Waals surface area contributed by atoms with Crippen LogP contribution in [0.25, 0.3) is 16.8 Å². The van der Waals surface area contributed by atoms with Crippen LogP contribution in [-0.2, 0) is 11.2 Å². The Morgan fingerprint density at radius 2 is 1.90 bits per heavy atom. The highest BCUT2D eigenvalue weighted by Crippen LogP contribution is 2.30. The number of aromatic nitrogens is 2. The number of ether oxygens (including phenoxy) is 1. The molecule has 7 nitrogen and oxygen atoms in total. The summed E-state index contributed by atoms with van der Waals surface area (Å²) in [6, 6.07) is 18.2. The van der Waals surface area contributed by atoms with Gasteiger partial charge in [0, 0.05) is 35.9 Å². The zero-order chi connectivity index (χ0) is 22.0. The quantitative estimate of drug-likeness (QED) is 0.252. The van der Waals surface area contributed by atoms with E-state index in [1.807, 2.05) is 60.1 Å². The predicted octanol–water partition coefficient (Wildman–Crippen LogP) is 4.99. The molecule has 0 N–H and O–H groups in total. The van der Waals surface area contributed by atoms with Crippen molar-refractivity contribution in [2.75, 3.05) is 6.61 Å². The SMILES string of the molecule is CCOC(=O)c1cc(Cc2c(-c3ccccc3)nn3cc(C)ccc23)cc([N+](=O)[O-])c1. The van der Waals surface area contributed by atoms with Crippen LogP contribution in [0.2, 0.25) is 0 Å². The lowest BCUT2D eigenvalue weighted by atomic mass is 9.98. The Hall–Kier alpha value is -4.00. The van der Waals surface area contributed by atoms with Crippen molar-refractivity contribution < 1.29 is 14.5 Å². The topological polar surface area (TPSA) is 86.7 Å². The minimum atomic E-state index is -0.578. The lowest BCUT2D eigenvalue weighted by Crippen LogP contribution is -2.06. The fraction of sp³-hybridized carbons (Fsp3) is 0.167. The summed E-state index contributed by atoms with van der Waals surface area (Å²) in [5, 5.41) is 16.2. The molecule has 7 heteroatoms. The van der Waals surface area contributed by atoms with E-state index in [0.29, 0.717) is 12.0 Å². The number of benzene rings is 2. The van der Waals surface area contributed by atoms with Gasteiger partial charge in [0.25, 0.3) is 5.69 Å². The van der Waals surface area contributed by atoms with Crippen LogP contribution in [0.15, 0.2) is 66.9 Å². The third kappa shape index (κ3) is 4.16. The van der Waals surface area contributed by atoms with Gasteiger partial charge in [-0.3, -0.25) is 10.1 Å². The molecule has 0 aliphatic carbocycles. The second kappa shape index (κ2) is 8.39. The fourth-order valence-electron chi connectivity index (χ4n) is 3.62. The van der Waals surface area contributed by atoms with Gasteiger partial charge in [-0.1, -0.05) is 36.4 Å². The van der Waals surface area contributed by atoms with Crippen LogP contribution in [0, 0.1) is 17.0 Å². The summed E-state index contributed by atoms with van der Waals surface area (Å²) >= 11 is 0. The average molecular weight is 415 g/mol. The molecule has 2 aromatic carbocycles. The average Bonchev–Trinajstić information content (AvgIpc) is 3.11. The molecule has 0 amide bonds. The molecule has 31 heavy (non-hydrogen) atoms. The van der Waals surface area contributed by atoms with E-state index in [1.54, 1.807) is 13.0 Å². The molecule has 2 aromatic heterocycles. The lowest BCUT2D eigenvalue weighted by Gasteiger charge is -2.07. The van der Waals surface area contributed by atoms with Crippen molar-refractivity contribution in [1.29, 1.82) is 0 Å². The number of fused-ring (bicyclic) bond motifs is 1. The maximum Gasteiger partial charge on any atom is 0.338 e. The number of rotatable bonds is 6. The van der Waals surface area contributed by atoms with E-state index in [1.165, 1.54) is 12.1 Å². The molecule has 0 saturated carbocycles. The summed E-state index contributed by atoms with van der Waals surface area (Å²) in [4.78, 5) is 23.2. The molecule has 0 spiro atoms. The van der Waals surface area contributed by atoms with Crippen LogP contribution in [-0.4, -0.2) is 27.1 Å². The van der Waals surface area contributed by atoms with Crippen LogP contribution in [0.3, 0.4) is 0 Å². The van der Waals surface area contributed by atoms with Crippen molar-refractivity contribution >= 4 is 17.2 Å². The molecular weight excluding hydrogens is 394 g/mol. The van der Waals surface area contributed by atoms with E-state index in [0.717, 1.165) is 27.9 Å². The smallest absolute Gasteiger partial charge is 0.338 e. The van der Waals surface area contributed by atoms with E-state index < -0.39 is 10.9 Å². The first-order valence-electron chi connectivity index (χ1n) is 9.95. The third-order valence-electron chi connectivity index (χ3n) is 5.01. The Bertz CT molecular complexity index is 1280. The van der Waals surface area contributed by atoms with Crippen molar-refractivity contribution in [2.24, 2.45) is 0 Å². The molecule has 4 rings (SSSR count). The van der Waals surface area contributed by atoms with Crippen LogP contribution in [0.1, 0.15) is 34.0 Å². The number of non-ortho nitro benzene ring substituents is 1. The van der Waals surface area contributed by atoms with Gasteiger partial charge in [0.1, 0.15) is 0 Å². The van der Waals surface area contributed by atoms with Gasteiger partial charge in [0.2, 0.25) is 0 Å². The van der Waals surface area contributed by atoms with Crippen molar-refractivity contribution in [1.82, 2.24) is 9.61 Å². The number of aryl methyl sites for hydroxylation is 1. The molecular formula is C24H21N3O4. The van der Waals surface area contributed by atoms with Crippen molar-refractivity contribution in [3.05, 3.63) is 99.2 Å². The summed E-state index contributed by atoms with van der Waals surface area (Å²) in [5.41, 5.74) is 5.33. The first-order chi connectivity index (χ1) is 15.0. The molecule has 156 valence electrons. The van der Waals surface area contributed by atoms with Crippen LogP contribution >= 0.6 is 0 Å². The summed E-state index contributed by atoms with van der Waals surface area (Å²) in [5.74, 6) is -0.578. The molecule has 0 unspecified atom stereocenters. The maximum atomic E-state index is 12.3. The maximum absolute atomic E-state index is 12.3. The van der Waals surface area contributed by atoms with E-state index >= 15 is 0 Å². The first-order valence-corrected chi connectivity index (χ1v) is 9.95. The van der Waals surface area contributed by atoms with Crippen LogP contribution in [0.4, 0.5) is 5.69 Å². The Kier molecular flexibility index (Phi) is 5.49. The summed E-state index contributed by atoms with van der Waals surface area (Å²) in [6.45, 7) is 3.89. The largest absolute Gasteiger partial charge is 0.462 e. The highest BCUT2D eigenvalue weighted by Gasteiger charge is 2.19. The summed E-state index contributed by atoms with van der Waals surface area (Å²) in [6.07, 6.45) is 2.33. The number of nitrogens with zero attached hydrogens (tertiary/aromatic N) is 3. The molecule has 2 heterocycles. The van der Waals surface area contributed by atoms with Crippen molar-refractivity contribution in [3.63, 3.8) is 0 Å². The predicted molar refractivity (Wildman–Crippen MR) is 117 cm³/mol. The summed E-state index contributed by atoms with van der Waals surface area (Å²) < 4.78 is 6.88. The number of nitro groups is 1. The van der Waals surface area contributed by atoms with Gasteiger partial charge in [-0.15, -0.1) is 0 Å². The monoisotopic (exact) mass is 415 g/mol. The second-order valence-corrected chi connectivity index (χ2v) is 7.27. The number of nitro benzene ring substituents is 1. The van der Waals surface area contributed by atoms with Gasteiger partial charge < -0.3 is 4.74 Å². The molecule has 4 aromatic rings. The number of esters is 1. The number of carbonyl (C=O) groups is 1. The normalized spacial score (nSPS) is 10.9. The van der Waals surface area contributed by atoms with Gasteiger partial charge >= 0.3 is 5.97 Å². The zero-order valence-electron chi connectivity index (χ0n) is 17.2. The van der Waals surface area contributed by atoms with Gasteiger partial charge in [0.15, 0.2) is 0 Å². The Labute approximate surface area is 179 Å². The summed E-state index contributed by atoms with van der Waals surface area (Å²) in [7, 11) is 0. The molecule has 0 saturated heterocycles. The van der Waals surface area contributed by atoms with Gasteiger partial charge in [-0.05, 0) is 37.1 Å². The minimum absolute atomic E-state index is 0.144. The third-order valence-corrected chi connectivity index (χ3v) is 5.01. The molecule has 0 aliphatic rings. The zero-order valence-corrected chi connectivity index (χ0v) is 17.2. The molecule has 0 aliphatic heterocycles. The van der Waals surface area contributed by atoms with Crippen LogP contribution < -0.4 is 0 Å². The Morgan fingerprint density at radius 1 is 1.13 bits per heavy atom. The van der Waals surface area contributed by atoms with E-state index in [2.05, 4.69) is 0 Å². The van der Waals surface area contributed by atoms with Gasteiger partial charge in [0.05, 0.1) is 28.3 Å². The van der Waals surface area contributed by atoms with Crippen molar-refractivity contribution in [2.45, 2.75) is 20.3 Å². The van der Waals surface area contributed by atoms with Crippen molar-refractivity contribution in [3.8, 4) is 11.3 Å². The fourth-order valence-corrected chi connectivity index (χ4v) is 3.62. The number of hydrogen-bond donors (Lipinski definition) is 0. The molecule has 0 atom stereocenters. The lowest BCUT2D eigenvalue weighted by molar-refractivity contribution is -0.384. The molecule has 0 radical (unpaired) electrons. The number of pyridine rings is 1. The van der Waals surface area contributed by atoms with Gasteiger partial charge in [-0.25, -0.2) is 9.31 Å². The number of hydrogen-bond acceptors (Lipinski definition) is 5. The molecule has 0 fully saturated rings. The Morgan fingerprint density at radius 3 is 2.61 bits per heavy atom. The molecule has 0 bridgehead atoms. The van der Waals surface area contributed by atoms with E-state index in [9.17, 15) is 14.9 Å². The first kappa shape index (κ1) is 20.3. The highest BCUT2D eigenvalue weighted by atomic mass is 16.6. The minimum Gasteiger partial charge on any atom is -0.462 e. The highest BCUT2D eigenvalue weighted by molar-refractivity contribution is 5.90. The van der Waals surface area contributed by atoms with Crippen LogP contribution in [0.5, 0.6) is 0 Å². The van der Waals surface area contributed by atoms with E-state index in [4.69, 9.17) is 9.84 Å². The number of carbonyl (C=O) groups excluding carboxylic acids is 1.